The Kier molecular flexibility index (Phi) is 6.35. The lowest BCUT2D eigenvalue weighted by Gasteiger charge is -2.09. The van der Waals surface area contributed by atoms with Gasteiger partial charge in [0, 0.05) is 6.20 Å². The average Bonchev–Trinajstić information content (AvgIpc) is 2.94. The fraction of sp³-hybridized carbons (Fsp3) is 0.333. The second-order valence-electron chi connectivity index (χ2n) is 4.28. The Labute approximate surface area is 147 Å². The van der Waals surface area contributed by atoms with Crippen LogP contribution in [0.15, 0.2) is 21.9 Å². The molecule has 1 amide bonds. The van der Waals surface area contributed by atoms with Gasteiger partial charge in [-0.1, -0.05) is 23.4 Å². The number of alkyl halides is 3. The molecule has 0 spiro atoms. The molecule has 0 fully saturated rings. The monoisotopic (exact) mass is 398 g/mol. The van der Waals surface area contributed by atoms with Gasteiger partial charge < -0.3 is 9.73 Å². The first-order valence-corrected chi connectivity index (χ1v) is 9.02. The predicted molar refractivity (Wildman–Crippen MR) is 85.1 cm³/mol. The highest BCUT2D eigenvalue weighted by Gasteiger charge is 2.31. The van der Waals surface area contributed by atoms with Crippen LogP contribution >= 0.6 is 35.1 Å². The van der Waals surface area contributed by atoms with Crippen molar-refractivity contribution >= 4 is 46.8 Å². The van der Waals surface area contributed by atoms with E-state index in [4.69, 9.17) is 16.0 Å². The summed E-state index contributed by atoms with van der Waals surface area (Å²) in [6.45, 7) is 0. The number of nitrogens with zero attached hydrogens (tertiary/aromatic N) is 3. The standard InChI is InChI=1S/C12H10ClF3N4O2S2/c1-23-5-9-19-20-11(22-9)24-4-8(21)18-10-7(13)2-6(3-17-10)12(14,15)16/h2-3H,4-5H2,1H3,(H,17,18,21). The molecule has 24 heavy (non-hydrogen) atoms. The highest BCUT2D eigenvalue weighted by atomic mass is 35.5. The molecule has 0 atom stereocenters. The van der Waals surface area contributed by atoms with Crippen LogP contribution in [0.5, 0.6) is 0 Å². The Balaban J connectivity index is 1.92. The summed E-state index contributed by atoms with van der Waals surface area (Å²) in [4.78, 5) is 15.3. The van der Waals surface area contributed by atoms with E-state index in [1.165, 1.54) is 11.8 Å². The number of thioether (sulfide) groups is 2. The molecule has 0 aliphatic rings. The Bertz CT molecular complexity index is 727. The van der Waals surface area contributed by atoms with Crippen molar-refractivity contribution in [2.24, 2.45) is 0 Å². The highest BCUT2D eigenvalue weighted by molar-refractivity contribution is 7.99. The number of halogens is 4. The van der Waals surface area contributed by atoms with Crippen LogP contribution in [-0.2, 0) is 16.7 Å². The Morgan fingerprint density at radius 3 is 2.79 bits per heavy atom. The lowest BCUT2D eigenvalue weighted by molar-refractivity contribution is -0.137. The number of carbonyl (C=O) groups is 1. The minimum atomic E-state index is -4.55. The lowest BCUT2D eigenvalue weighted by Crippen LogP contribution is -2.16. The molecule has 2 heterocycles. The van der Waals surface area contributed by atoms with Crippen molar-refractivity contribution in [1.82, 2.24) is 15.2 Å². The van der Waals surface area contributed by atoms with Gasteiger partial charge in [0.2, 0.25) is 11.8 Å². The minimum Gasteiger partial charge on any atom is -0.415 e. The van der Waals surface area contributed by atoms with E-state index in [1.807, 2.05) is 6.26 Å². The van der Waals surface area contributed by atoms with Crippen molar-refractivity contribution in [2.45, 2.75) is 17.2 Å². The largest absolute Gasteiger partial charge is 0.417 e. The summed E-state index contributed by atoms with van der Waals surface area (Å²) < 4.78 is 42.8. The normalized spacial score (nSPS) is 11.5. The second kappa shape index (κ2) is 8.08. The molecule has 0 bridgehead atoms. The van der Waals surface area contributed by atoms with Gasteiger partial charge in [0.15, 0.2) is 5.82 Å². The van der Waals surface area contributed by atoms with E-state index in [0.717, 1.165) is 11.8 Å². The third-order valence-corrected chi connectivity index (χ3v) is 4.11. The van der Waals surface area contributed by atoms with Gasteiger partial charge in [-0.25, -0.2) is 4.98 Å². The van der Waals surface area contributed by atoms with Gasteiger partial charge >= 0.3 is 6.18 Å². The molecule has 0 radical (unpaired) electrons. The summed E-state index contributed by atoms with van der Waals surface area (Å²) in [5.74, 6) is 0.255. The lowest BCUT2D eigenvalue weighted by atomic mass is 10.3. The van der Waals surface area contributed by atoms with Crippen molar-refractivity contribution in [3.8, 4) is 0 Å². The van der Waals surface area contributed by atoms with E-state index in [9.17, 15) is 18.0 Å². The van der Waals surface area contributed by atoms with Crippen molar-refractivity contribution in [3.63, 3.8) is 0 Å². The molecular formula is C12H10ClF3N4O2S2. The van der Waals surface area contributed by atoms with Crippen LogP contribution in [-0.4, -0.2) is 33.1 Å². The highest BCUT2D eigenvalue weighted by Crippen LogP contribution is 2.32. The smallest absolute Gasteiger partial charge is 0.415 e. The van der Waals surface area contributed by atoms with E-state index < -0.39 is 17.6 Å². The molecule has 0 aromatic carbocycles. The van der Waals surface area contributed by atoms with Gasteiger partial charge in [-0.05, 0) is 12.3 Å². The third-order valence-electron chi connectivity index (χ3n) is 2.47. The number of amides is 1. The molecule has 0 unspecified atom stereocenters. The zero-order valence-corrected chi connectivity index (χ0v) is 14.4. The molecule has 0 saturated heterocycles. The fourth-order valence-corrected chi connectivity index (χ4v) is 2.62. The van der Waals surface area contributed by atoms with E-state index in [0.29, 0.717) is 23.9 Å². The number of aromatic nitrogens is 3. The van der Waals surface area contributed by atoms with Crippen LogP contribution in [0.2, 0.25) is 5.02 Å². The van der Waals surface area contributed by atoms with Crippen molar-refractivity contribution < 1.29 is 22.4 Å². The molecule has 0 aliphatic heterocycles. The van der Waals surface area contributed by atoms with Crippen LogP contribution in [0, 0.1) is 0 Å². The van der Waals surface area contributed by atoms with Crippen molar-refractivity contribution in [3.05, 3.63) is 28.7 Å². The van der Waals surface area contributed by atoms with Gasteiger partial charge in [0.1, 0.15) is 0 Å². The van der Waals surface area contributed by atoms with Crippen molar-refractivity contribution in [2.75, 3.05) is 17.3 Å². The summed E-state index contributed by atoms with van der Waals surface area (Å²) in [5, 5.41) is 9.79. The van der Waals surface area contributed by atoms with E-state index in [2.05, 4.69) is 20.5 Å². The third kappa shape index (κ3) is 5.28. The number of carbonyl (C=O) groups excluding carboxylic acids is 1. The number of nitrogens with one attached hydrogen (secondary N) is 1. The molecule has 0 aliphatic carbocycles. The van der Waals surface area contributed by atoms with Gasteiger partial charge in [0.05, 0.1) is 22.1 Å². The van der Waals surface area contributed by atoms with Crippen LogP contribution in [0.4, 0.5) is 19.0 Å². The quantitative estimate of drug-likeness (QED) is 0.742. The molecule has 2 aromatic heterocycles. The van der Waals surface area contributed by atoms with Crippen LogP contribution in [0.3, 0.4) is 0 Å². The SMILES string of the molecule is CSCc1nnc(SCC(=O)Nc2ncc(C(F)(F)F)cc2Cl)o1. The molecule has 130 valence electrons. The van der Waals surface area contributed by atoms with E-state index >= 15 is 0 Å². The Morgan fingerprint density at radius 1 is 1.42 bits per heavy atom. The van der Waals surface area contributed by atoms with Gasteiger partial charge in [-0.2, -0.15) is 24.9 Å². The summed E-state index contributed by atoms with van der Waals surface area (Å²) in [6.07, 6.45) is -2.08. The number of hydrogen-bond donors (Lipinski definition) is 1. The van der Waals surface area contributed by atoms with Gasteiger partial charge in [0.25, 0.3) is 5.22 Å². The van der Waals surface area contributed by atoms with Crippen LogP contribution in [0.1, 0.15) is 11.5 Å². The topological polar surface area (TPSA) is 80.9 Å². The molecular weight excluding hydrogens is 389 g/mol. The maximum atomic E-state index is 12.5. The fourth-order valence-electron chi connectivity index (χ4n) is 1.46. The van der Waals surface area contributed by atoms with Crippen LogP contribution < -0.4 is 5.32 Å². The number of hydrogen-bond acceptors (Lipinski definition) is 7. The molecule has 6 nitrogen and oxygen atoms in total. The minimum absolute atomic E-state index is 0.0834. The average molecular weight is 399 g/mol. The predicted octanol–water partition coefficient (Wildman–Crippen LogP) is 3.73. The maximum absolute atomic E-state index is 12.5. The van der Waals surface area contributed by atoms with Crippen LogP contribution in [0.25, 0.3) is 0 Å². The second-order valence-corrected chi connectivity index (χ2v) is 6.48. The first-order valence-electron chi connectivity index (χ1n) is 6.26. The zero-order valence-electron chi connectivity index (χ0n) is 12.1. The Hall–Kier alpha value is -1.46. The number of pyridine rings is 1. The summed E-state index contributed by atoms with van der Waals surface area (Å²) in [5.41, 5.74) is -0.993. The molecule has 2 rings (SSSR count). The number of rotatable bonds is 6. The maximum Gasteiger partial charge on any atom is 0.417 e. The van der Waals surface area contributed by atoms with E-state index in [-0.39, 0.29) is 21.8 Å². The molecule has 2 aromatic rings. The summed E-state index contributed by atoms with van der Waals surface area (Å²) >= 11 is 8.21. The first-order chi connectivity index (χ1) is 11.3. The van der Waals surface area contributed by atoms with Crippen molar-refractivity contribution in [1.29, 1.82) is 0 Å². The zero-order chi connectivity index (χ0) is 17.7. The molecule has 1 N–H and O–H groups in total. The summed E-state index contributed by atoms with van der Waals surface area (Å²) in [6, 6.07) is 0.698. The summed E-state index contributed by atoms with van der Waals surface area (Å²) in [7, 11) is 0. The molecule has 0 saturated carbocycles. The Morgan fingerprint density at radius 2 is 2.17 bits per heavy atom. The van der Waals surface area contributed by atoms with E-state index in [1.54, 1.807) is 0 Å². The van der Waals surface area contributed by atoms with Gasteiger partial charge in [-0.3, -0.25) is 4.79 Å². The number of anilines is 1. The molecule has 12 heteroatoms. The van der Waals surface area contributed by atoms with Gasteiger partial charge in [-0.15, -0.1) is 10.2 Å². The first kappa shape index (κ1) is 18.9.